The molecule has 5 rings (SSSR count). The molecule has 2 aromatic heterocycles. The molecule has 0 amide bonds. The Morgan fingerprint density at radius 2 is 1.79 bits per heavy atom. The Bertz CT molecular complexity index is 1470. The number of fused-ring (bicyclic) bond motifs is 1. The van der Waals surface area contributed by atoms with Crippen molar-refractivity contribution in [1.29, 1.82) is 0 Å². The SMILES string of the molecule is Cc1ccc(-n2c(=S)sc3c(=O)n(-c4ccccc4C)c(SCC4OCCO4)nc32)c(C)c1. The molecule has 0 N–H and O–H groups in total. The van der Waals surface area contributed by atoms with Gasteiger partial charge in [-0.15, -0.1) is 0 Å². The maximum Gasteiger partial charge on any atom is 0.278 e. The fourth-order valence-corrected chi connectivity index (χ4v) is 6.21. The first-order chi connectivity index (χ1) is 15.9. The molecule has 3 heterocycles. The van der Waals surface area contributed by atoms with Crippen LogP contribution < -0.4 is 5.56 Å². The lowest BCUT2D eigenvalue weighted by atomic mass is 10.1. The fourth-order valence-electron chi connectivity index (χ4n) is 3.97. The number of thiazole rings is 1. The van der Waals surface area contributed by atoms with Crippen LogP contribution in [0.25, 0.3) is 21.7 Å². The van der Waals surface area contributed by atoms with Gasteiger partial charge in [0.05, 0.1) is 30.3 Å². The molecule has 170 valence electrons. The lowest BCUT2D eigenvalue weighted by Crippen LogP contribution is -2.23. The van der Waals surface area contributed by atoms with Gasteiger partial charge < -0.3 is 9.47 Å². The highest BCUT2D eigenvalue weighted by Crippen LogP contribution is 2.30. The number of hydrogen-bond acceptors (Lipinski definition) is 7. The highest BCUT2D eigenvalue weighted by molar-refractivity contribution is 7.99. The van der Waals surface area contributed by atoms with E-state index in [1.807, 2.05) is 54.8 Å². The number of hydrogen-bond donors (Lipinski definition) is 0. The largest absolute Gasteiger partial charge is 0.349 e. The Kier molecular flexibility index (Phi) is 6.24. The third-order valence-electron chi connectivity index (χ3n) is 5.57. The molecule has 2 aromatic carbocycles. The molecule has 0 spiro atoms. The normalized spacial score (nSPS) is 14.4. The van der Waals surface area contributed by atoms with E-state index in [4.69, 9.17) is 26.7 Å². The predicted octanol–water partition coefficient (Wildman–Crippen LogP) is 5.36. The number of rotatable bonds is 5. The van der Waals surface area contributed by atoms with Gasteiger partial charge in [-0.1, -0.05) is 59.0 Å². The Balaban J connectivity index is 1.75. The van der Waals surface area contributed by atoms with Crippen molar-refractivity contribution < 1.29 is 9.47 Å². The van der Waals surface area contributed by atoms with E-state index < -0.39 is 0 Å². The smallest absolute Gasteiger partial charge is 0.278 e. The molecule has 6 nitrogen and oxygen atoms in total. The van der Waals surface area contributed by atoms with Crippen molar-refractivity contribution in [2.24, 2.45) is 0 Å². The van der Waals surface area contributed by atoms with Crippen LogP contribution in [-0.2, 0) is 9.47 Å². The van der Waals surface area contributed by atoms with Crippen LogP contribution >= 0.6 is 35.3 Å². The standard InChI is InChI=1S/C24H23N3O3S3/c1-14-8-9-18(16(3)12-14)26-21-20(33-24(26)31)22(28)27(17-7-5-4-6-15(17)2)23(25-21)32-13-19-29-10-11-30-19/h4-9,12,19H,10-11,13H2,1-3H3. The number of thioether (sulfide) groups is 1. The van der Waals surface area contributed by atoms with E-state index in [0.29, 0.717) is 38.4 Å². The van der Waals surface area contributed by atoms with Crippen LogP contribution in [0.5, 0.6) is 0 Å². The van der Waals surface area contributed by atoms with Crippen LogP contribution in [0.3, 0.4) is 0 Å². The molecule has 0 aliphatic carbocycles. The first-order valence-electron chi connectivity index (χ1n) is 10.6. The minimum absolute atomic E-state index is 0.121. The number of aryl methyl sites for hydroxylation is 3. The molecule has 1 aliphatic rings. The van der Waals surface area contributed by atoms with Crippen LogP contribution in [0.4, 0.5) is 0 Å². The number of aromatic nitrogens is 3. The topological polar surface area (TPSA) is 58.3 Å². The molecule has 33 heavy (non-hydrogen) atoms. The second kappa shape index (κ2) is 9.15. The van der Waals surface area contributed by atoms with Crippen LogP contribution in [0, 0.1) is 24.7 Å². The Morgan fingerprint density at radius 3 is 2.52 bits per heavy atom. The Labute approximate surface area is 204 Å². The highest BCUT2D eigenvalue weighted by atomic mass is 32.2. The zero-order chi connectivity index (χ0) is 23.1. The summed E-state index contributed by atoms with van der Waals surface area (Å²) in [6, 6.07) is 14.0. The first kappa shape index (κ1) is 22.5. The van der Waals surface area contributed by atoms with E-state index in [-0.39, 0.29) is 11.8 Å². The molecule has 1 saturated heterocycles. The lowest BCUT2D eigenvalue weighted by molar-refractivity contribution is -0.0215. The van der Waals surface area contributed by atoms with Gasteiger partial charge in [0.2, 0.25) is 0 Å². The van der Waals surface area contributed by atoms with Crippen molar-refractivity contribution in [2.45, 2.75) is 32.2 Å². The first-order valence-corrected chi connectivity index (χ1v) is 12.8. The van der Waals surface area contributed by atoms with Gasteiger partial charge in [-0.05, 0) is 56.2 Å². The molecule has 0 bridgehead atoms. The molecule has 4 aromatic rings. The van der Waals surface area contributed by atoms with Gasteiger partial charge >= 0.3 is 0 Å². The molecule has 9 heteroatoms. The maximum atomic E-state index is 13.8. The molecule has 0 unspecified atom stereocenters. The molecular formula is C24H23N3O3S3. The van der Waals surface area contributed by atoms with E-state index in [0.717, 1.165) is 22.5 Å². The van der Waals surface area contributed by atoms with Gasteiger partial charge in [-0.2, -0.15) is 0 Å². The summed E-state index contributed by atoms with van der Waals surface area (Å²) in [4.78, 5) is 18.8. The number of nitrogens with zero attached hydrogens (tertiary/aromatic N) is 3. The van der Waals surface area contributed by atoms with E-state index >= 15 is 0 Å². The summed E-state index contributed by atoms with van der Waals surface area (Å²) >= 11 is 8.47. The van der Waals surface area contributed by atoms with Crippen molar-refractivity contribution in [2.75, 3.05) is 19.0 Å². The molecule has 0 atom stereocenters. The van der Waals surface area contributed by atoms with Gasteiger partial charge in [-0.3, -0.25) is 13.9 Å². The van der Waals surface area contributed by atoms with Crippen molar-refractivity contribution in [1.82, 2.24) is 14.1 Å². The lowest BCUT2D eigenvalue weighted by Gasteiger charge is -2.16. The molecule has 0 saturated carbocycles. The van der Waals surface area contributed by atoms with Crippen LogP contribution in [0.2, 0.25) is 0 Å². The van der Waals surface area contributed by atoms with Gasteiger partial charge in [0, 0.05) is 0 Å². The van der Waals surface area contributed by atoms with E-state index in [9.17, 15) is 4.79 Å². The molecule has 0 radical (unpaired) electrons. The van der Waals surface area contributed by atoms with Gasteiger partial charge in [0.1, 0.15) is 4.70 Å². The van der Waals surface area contributed by atoms with Gasteiger partial charge in [-0.25, -0.2) is 4.98 Å². The summed E-state index contributed by atoms with van der Waals surface area (Å²) in [5, 5.41) is 0.590. The quantitative estimate of drug-likeness (QED) is 0.210. The summed E-state index contributed by atoms with van der Waals surface area (Å²) in [7, 11) is 0. The van der Waals surface area contributed by atoms with E-state index in [1.54, 1.807) is 4.57 Å². The third-order valence-corrected chi connectivity index (χ3v) is 7.89. The number of benzene rings is 2. The zero-order valence-corrected chi connectivity index (χ0v) is 21.0. The van der Waals surface area contributed by atoms with Gasteiger partial charge in [0.25, 0.3) is 5.56 Å². The second-order valence-corrected chi connectivity index (χ2v) is 10.6. The second-order valence-electron chi connectivity index (χ2n) is 7.95. The third kappa shape index (κ3) is 4.20. The van der Waals surface area contributed by atoms with E-state index in [2.05, 4.69) is 13.0 Å². The highest BCUT2D eigenvalue weighted by Gasteiger charge is 2.23. The number of ether oxygens (including phenoxy) is 2. The summed E-state index contributed by atoms with van der Waals surface area (Å²) in [5.74, 6) is 0.540. The van der Waals surface area contributed by atoms with Crippen molar-refractivity contribution >= 4 is 45.7 Å². The molecule has 1 fully saturated rings. The summed E-state index contributed by atoms with van der Waals surface area (Å²) < 4.78 is 16.0. The van der Waals surface area contributed by atoms with Gasteiger partial charge in [0.15, 0.2) is 21.0 Å². The van der Waals surface area contributed by atoms with E-state index in [1.165, 1.54) is 28.7 Å². The predicted molar refractivity (Wildman–Crippen MR) is 136 cm³/mol. The van der Waals surface area contributed by atoms with Crippen LogP contribution in [-0.4, -0.2) is 39.4 Å². The number of para-hydroxylation sites is 1. The Morgan fingerprint density at radius 1 is 1.06 bits per heavy atom. The van der Waals surface area contributed by atoms with Crippen LogP contribution in [0.1, 0.15) is 16.7 Å². The Hall–Kier alpha value is -2.30. The maximum absolute atomic E-state index is 13.8. The van der Waals surface area contributed by atoms with Crippen molar-refractivity contribution in [3.05, 3.63) is 73.5 Å². The van der Waals surface area contributed by atoms with Crippen molar-refractivity contribution in [3.63, 3.8) is 0 Å². The summed E-state index contributed by atoms with van der Waals surface area (Å²) in [6.45, 7) is 7.26. The summed E-state index contributed by atoms with van der Waals surface area (Å²) in [5.41, 5.74) is 5.46. The minimum atomic E-state index is -0.309. The summed E-state index contributed by atoms with van der Waals surface area (Å²) in [6.07, 6.45) is -0.309. The fraction of sp³-hybridized carbons (Fsp3) is 0.292. The minimum Gasteiger partial charge on any atom is -0.349 e. The molecular weight excluding hydrogens is 474 g/mol. The van der Waals surface area contributed by atoms with Crippen LogP contribution in [0.15, 0.2) is 52.4 Å². The van der Waals surface area contributed by atoms with Crippen molar-refractivity contribution in [3.8, 4) is 11.4 Å². The monoisotopic (exact) mass is 497 g/mol. The average molecular weight is 498 g/mol. The molecule has 1 aliphatic heterocycles. The average Bonchev–Trinajstić information content (AvgIpc) is 3.41. The zero-order valence-electron chi connectivity index (χ0n) is 18.5.